The molecule has 0 spiro atoms. The van der Waals surface area contributed by atoms with E-state index in [1.165, 1.54) is 6.42 Å². The Labute approximate surface area is 247 Å². The molecule has 8 nitrogen and oxygen atoms in total. The molecule has 0 radical (unpaired) electrons. The first kappa shape index (κ1) is 29.2. The fourth-order valence-electron chi connectivity index (χ4n) is 4.43. The molecular formula is C30H31BrN4O4S. The van der Waals surface area contributed by atoms with Crippen molar-refractivity contribution in [2.45, 2.75) is 38.5 Å². The maximum absolute atomic E-state index is 12.9. The van der Waals surface area contributed by atoms with Crippen LogP contribution in [0.5, 0.6) is 5.75 Å². The summed E-state index contributed by atoms with van der Waals surface area (Å²) in [5.41, 5.74) is 7.44. The number of anilines is 1. The number of carbonyl (C=O) groups excluding carboxylic acids is 3. The van der Waals surface area contributed by atoms with E-state index in [2.05, 4.69) is 37.4 Å². The second-order valence-electron chi connectivity index (χ2n) is 9.49. The van der Waals surface area contributed by atoms with Gasteiger partial charge in [-0.05, 0) is 73.1 Å². The Bertz CT molecular complexity index is 1350. The Morgan fingerprint density at radius 1 is 0.875 bits per heavy atom. The summed E-state index contributed by atoms with van der Waals surface area (Å²) in [6, 6.07) is 21.6. The number of hydrogen-bond acceptors (Lipinski definition) is 5. The fraction of sp³-hybridized carbons (Fsp3) is 0.267. The number of halogens is 1. The molecule has 3 aromatic carbocycles. The summed E-state index contributed by atoms with van der Waals surface area (Å²) in [5.74, 6) is -0.449. The van der Waals surface area contributed by atoms with Crippen molar-refractivity contribution < 1.29 is 19.1 Å². The number of hydrazine groups is 1. The summed E-state index contributed by atoms with van der Waals surface area (Å²) < 4.78 is 6.59. The lowest BCUT2D eigenvalue weighted by atomic mass is 9.88. The summed E-state index contributed by atoms with van der Waals surface area (Å²) >= 11 is 8.58. The normalized spacial score (nSPS) is 13.1. The molecule has 1 fully saturated rings. The van der Waals surface area contributed by atoms with Crippen molar-refractivity contribution in [3.8, 4) is 5.75 Å². The Morgan fingerprint density at radius 3 is 2.33 bits per heavy atom. The van der Waals surface area contributed by atoms with Gasteiger partial charge in [-0.15, -0.1) is 0 Å². The Balaban J connectivity index is 1.25. The summed E-state index contributed by atoms with van der Waals surface area (Å²) in [5, 5.41) is 5.41. The summed E-state index contributed by atoms with van der Waals surface area (Å²) in [6.07, 6.45) is 5.87. The molecule has 0 heterocycles. The number of carbonyl (C=O) groups is 3. The third-order valence-corrected chi connectivity index (χ3v) is 7.28. The fourth-order valence-corrected chi connectivity index (χ4v) is 4.94. The Kier molecular flexibility index (Phi) is 10.7. The summed E-state index contributed by atoms with van der Waals surface area (Å²) in [4.78, 5) is 37.9. The van der Waals surface area contributed by atoms with E-state index in [9.17, 15) is 14.4 Å². The van der Waals surface area contributed by atoms with Gasteiger partial charge in [-0.2, -0.15) is 0 Å². The van der Waals surface area contributed by atoms with Crippen LogP contribution < -0.4 is 26.2 Å². The minimum absolute atomic E-state index is 0.0230. The molecule has 208 valence electrons. The number of hydrogen-bond donors (Lipinski definition) is 4. The van der Waals surface area contributed by atoms with Crippen molar-refractivity contribution >= 4 is 56.7 Å². The lowest BCUT2D eigenvalue weighted by Crippen LogP contribution is -2.48. The number of ether oxygens (including phenoxy) is 1. The predicted octanol–water partition coefficient (Wildman–Crippen LogP) is 5.54. The number of rotatable bonds is 8. The first-order chi connectivity index (χ1) is 19.4. The van der Waals surface area contributed by atoms with Gasteiger partial charge in [0.2, 0.25) is 5.91 Å². The zero-order valence-electron chi connectivity index (χ0n) is 21.9. The molecule has 1 saturated carbocycles. The van der Waals surface area contributed by atoms with Crippen LogP contribution in [-0.2, 0) is 11.2 Å². The van der Waals surface area contributed by atoms with E-state index in [-0.39, 0.29) is 16.9 Å². The van der Waals surface area contributed by atoms with Gasteiger partial charge in [0.25, 0.3) is 11.8 Å². The third-order valence-electron chi connectivity index (χ3n) is 6.58. The molecule has 1 aliphatic rings. The lowest BCUT2D eigenvalue weighted by molar-refractivity contribution is -0.120. The molecule has 3 aromatic rings. The lowest BCUT2D eigenvalue weighted by Gasteiger charge is -2.20. The highest BCUT2D eigenvalue weighted by molar-refractivity contribution is 9.10. The van der Waals surface area contributed by atoms with E-state index in [0.29, 0.717) is 40.1 Å². The van der Waals surface area contributed by atoms with Crippen molar-refractivity contribution in [2.24, 2.45) is 5.92 Å². The van der Waals surface area contributed by atoms with Gasteiger partial charge in [0, 0.05) is 28.1 Å². The molecule has 0 aliphatic heterocycles. The number of benzene rings is 3. The highest BCUT2D eigenvalue weighted by Gasteiger charge is 2.21. The van der Waals surface area contributed by atoms with Crippen molar-refractivity contribution in [1.29, 1.82) is 0 Å². The van der Waals surface area contributed by atoms with Gasteiger partial charge >= 0.3 is 0 Å². The van der Waals surface area contributed by atoms with Crippen LogP contribution in [0.3, 0.4) is 0 Å². The number of nitrogens with one attached hydrogen (secondary N) is 4. The monoisotopic (exact) mass is 622 g/mol. The molecule has 10 heteroatoms. The first-order valence-corrected chi connectivity index (χ1v) is 14.4. The standard InChI is InChI=1S/C30H31BrN4O4S/c31-23-13-16-26(39-18-17-20-7-3-1-4-8-20)25(19-23)29(38)33-30(40)35-34-28(37)22-11-14-24(15-12-22)32-27(36)21-9-5-2-6-10-21/h1,3-4,7-8,11-16,19,21H,2,5-6,9-10,17-18H2,(H,32,36)(H,34,37)(H2,33,35,38,40). The molecule has 0 unspecified atom stereocenters. The van der Waals surface area contributed by atoms with Gasteiger partial charge in [-0.1, -0.05) is 65.5 Å². The van der Waals surface area contributed by atoms with Crippen LogP contribution in [0.2, 0.25) is 0 Å². The highest BCUT2D eigenvalue weighted by Crippen LogP contribution is 2.25. The highest BCUT2D eigenvalue weighted by atomic mass is 79.9. The van der Waals surface area contributed by atoms with E-state index in [0.717, 1.165) is 31.2 Å². The largest absolute Gasteiger partial charge is 0.492 e. The Morgan fingerprint density at radius 2 is 1.60 bits per heavy atom. The zero-order valence-corrected chi connectivity index (χ0v) is 24.3. The van der Waals surface area contributed by atoms with Gasteiger partial charge in [0.1, 0.15) is 5.75 Å². The molecule has 40 heavy (non-hydrogen) atoms. The smallest absolute Gasteiger partial charge is 0.269 e. The molecule has 0 bridgehead atoms. The van der Waals surface area contributed by atoms with Gasteiger partial charge in [-0.3, -0.25) is 30.6 Å². The van der Waals surface area contributed by atoms with E-state index < -0.39 is 11.8 Å². The van der Waals surface area contributed by atoms with Crippen LogP contribution in [-0.4, -0.2) is 29.4 Å². The molecule has 0 aromatic heterocycles. The van der Waals surface area contributed by atoms with Crippen LogP contribution in [0.15, 0.2) is 77.3 Å². The van der Waals surface area contributed by atoms with Gasteiger partial charge in [0.05, 0.1) is 12.2 Å². The summed E-state index contributed by atoms with van der Waals surface area (Å²) in [7, 11) is 0. The Hall–Kier alpha value is -3.76. The maximum Gasteiger partial charge on any atom is 0.269 e. The topological polar surface area (TPSA) is 109 Å². The number of thiocarbonyl (C=S) groups is 1. The minimum Gasteiger partial charge on any atom is -0.492 e. The molecule has 4 N–H and O–H groups in total. The zero-order chi connectivity index (χ0) is 28.3. The van der Waals surface area contributed by atoms with E-state index in [1.54, 1.807) is 42.5 Å². The van der Waals surface area contributed by atoms with Crippen LogP contribution in [0.4, 0.5) is 5.69 Å². The van der Waals surface area contributed by atoms with Crippen LogP contribution in [0, 0.1) is 5.92 Å². The molecule has 4 rings (SSSR count). The van der Waals surface area contributed by atoms with E-state index in [1.807, 2.05) is 30.3 Å². The van der Waals surface area contributed by atoms with Crippen molar-refractivity contribution in [3.63, 3.8) is 0 Å². The van der Waals surface area contributed by atoms with Crippen LogP contribution in [0.1, 0.15) is 58.4 Å². The average molecular weight is 624 g/mol. The number of amides is 3. The van der Waals surface area contributed by atoms with Crippen LogP contribution >= 0.6 is 28.1 Å². The quantitative estimate of drug-likeness (QED) is 0.194. The van der Waals surface area contributed by atoms with E-state index >= 15 is 0 Å². The van der Waals surface area contributed by atoms with Crippen molar-refractivity contribution in [3.05, 3.63) is 94.0 Å². The molecule has 1 aliphatic carbocycles. The minimum atomic E-state index is -0.485. The second-order valence-corrected chi connectivity index (χ2v) is 10.8. The van der Waals surface area contributed by atoms with E-state index in [4.69, 9.17) is 17.0 Å². The molecular weight excluding hydrogens is 592 g/mol. The SMILES string of the molecule is O=C(NNC(=S)NC(=O)c1cc(Br)ccc1OCCc1ccccc1)c1ccc(NC(=O)C2CCCCC2)cc1. The van der Waals surface area contributed by atoms with Gasteiger partial charge in [-0.25, -0.2) is 0 Å². The third kappa shape index (κ3) is 8.62. The van der Waals surface area contributed by atoms with Crippen molar-refractivity contribution in [2.75, 3.05) is 11.9 Å². The summed E-state index contributed by atoms with van der Waals surface area (Å²) in [6.45, 7) is 0.397. The molecule has 0 saturated heterocycles. The first-order valence-electron chi connectivity index (χ1n) is 13.2. The predicted molar refractivity (Wildman–Crippen MR) is 162 cm³/mol. The van der Waals surface area contributed by atoms with Crippen molar-refractivity contribution in [1.82, 2.24) is 16.2 Å². The molecule has 0 atom stereocenters. The van der Waals surface area contributed by atoms with Gasteiger partial charge < -0.3 is 10.1 Å². The molecule has 3 amide bonds. The second kappa shape index (κ2) is 14.6. The van der Waals surface area contributed by atoms with Gasteiger partial charge in [0.15, 0.2) is 5.11 Å². The average Bonchev–Trinajstić information content (AvgIpc) is 2.98. The maximum atomic E-state index is 12.9. The van der Waals surface area contributed by atoms with Crippen LogP contribution in [0.25, 0.3) is 0 Å².